The Hall–Kier alpha value is -1.02. The van der Waals surface area contributed by atoms with Gasteiger partial charge in [-0.2, -0.15) is 0 Å². The largest absolute Gasteiger partial charge is 0.508 e. The Kier molecular flexibility index (Phi) is 2.69. The monoisotopic (exact) mass is 272 g/mol. The van der Waals surface area contributed by atoms with Gasteiger partial charge in [-0.1, -0.05) is 13.0 Å². The van der Waals surface area contributed by atoms with Crippen molar-refractivity contribution in [2.45, 2.75) is 63.4 Å². The first-order valence-corrected chi connectivity index (χ1v) is 8.06. The van der Waals surface area contributed by atoms with E-state index >= 15 is 0 Å². The molecule has 108 valence electrons. The Labute approximate surface area is 121 Å². The number of ether oxygens (including phenoxy) is 1. The first-order chi connectivity index (χ1) is 9.60. The van der Waals surface area contributed by atoms with E-state index in [4.69, 9.17) is 4.74 Å². The van der Waals surface area contributed by atoms with Gasteiger partial charge in [0.1, 0.15) is 5.75 Å². The van der Waals surface area contributed by atoms with Crippen LogP contribution in [-0.4, -0.2) is 17.3 Å². The number of hydrogen-bond acceptors (Lipinski definition) is 2. The van der Waals surface area contributed by atoms with Crippen molar-refractivity contribution in [2.75, 3.05) is 6.61 Å². The third-order valence-electron chi connectivity index (χ3n) is 6.22. The van der Waals surface area contributed by atoms with E-state index in [1.807, 2.05) is 12.1 Å². The summed E-state index contributed by atoms with van der Waals surface area (Å²) >= 11 is 0. The van der Waals surface area contributed by atoms with E-state index < -0.39 is 0 Å². The van der Waals surface area contributed by atoms with Gasteiger partial charge >= 0.3 is 0 Å². The number of benzene rings is 1. The van der Waals surface area contributed by atoms with Gasteiger partial charge in [0.15, 0.2) is 0 Å². The van der Waals surface area contributed by atoms with E-state index in [0.29, 0.717) is 17.1 Å². The fourth-order valence-corrected chi connectivity index (χ4v) is 4.87. The summed E-state index contributed by atoms with van der Waals surface area (Å²) in [4.78, 5) is 0. The van der Waals surface area contributed by atoms with Crippen molar-refractivity contribution in [3.8, 4) is 5.75 Å². The standard InChI is InChI=1S/C18H24O2/c1-17-7-5-13-11-14(19)3-4-15(13)16(17)12-18(9-8-17)6-2-10-20-18/h3-4,11,16,19H,2,5-10,12H2,1H3/t16-,17+,18+/m1/s1. The average molecular weight is 272 g/mol. The van der Waals surface area contributed by atoms with Crippen LogP contribution in [0.1, 0.15) is 62.5 Å². The highest BCUT2D eigenvalue weighted by atomic mass is 16.5. The fraction of sp³-hybridized carbons (Fsp3) is 0.667. The van der Waals surface area contributed by atoms with E-state index in [1.165, 1.54) is 49.7 Å². The fourth-order valence-electron chi connectivity index (χ4n) is 4.87. The van der Waals surface area contributed by atoms with Gasteiger partial charge in [-0.15, -0.1) is 0 Å². The summed E-state index contributed by atoms with van der Waals surface area (Å²) in [6, 6.07) is 6.01. The Morgan fingerprint density at radius 3 is 2.90 bits per heavy atom. The highest BCUT2D eigenvalue weighted by Gasteiger charge is 2.50. The molecule has 2 fully saturated rings. The number of phenols is 1. The predicted octanol–water partition coefficient (Wildman–Crippen LogP) is 4.16. The van der Waals surface area contributed by atoms with Gasteiger partial charge in [-0.3, -0.25) is 0 Å². The molecule has 1 aromatic rings. The molecule has 1 saturated carbocycles. The lowest BCUT2D eigenvalue weighted by Gasteiger charge is -2.51. The maximum absolute atomic E-state index is 9.73. The Morgan fingerprint density at radius 2 is 2.10 bits per heavy atom. The summed E-state index contributed by atoms with van der Waals surface area (Å²) in [6.07, 6.45) is 8.56. The molecule has 0 amide bonds. The molecule has 1 aromatic carbocycles. The lowest BCUT2D eigenvalue weighted by atomic mass is 9.55. The number of aryl methyl sites for hydroxylation is 1. The first-order valence-electron chi connectivity index (χ1n) is 8.06. The molecule has 0 bridgehead atoms. The maximum atomic E-state index is 9.73. The lowest BCUT2D eigenvalue weighted by Crippen LogP contribution is -2.44. The SMILES string of the molecule is C[C@@]12CCc3cc(O)ccc3[C@H]1C[C@]1(CCCO1)CC2. The summed E-state index contributed by atoms with van der Waals surface area (Å²) in [6.45, 7) is 3.42. The average Bonchev–Trinajstić information content (AvgIpc) is 2.89. The molecule has 0 unspecified atom stereocenters. The molecule has 1 aliphatic heterocycles. The van der Waals surface area contributed by atoms with Crippen LogP contribution in [0, 0.1) is 5.41 Å². The first kappa shape index (κ1) is 12.7. The number of fused-ring (bicyclic) bond motifs is 3. The van der Waals surface area contributed by atoms with Crippen molar-refractivity contribution >= 4 is 0 Å². The topological polar surface area (TPSA) is 29.5 Å². The van der Waals surface area contributed by atoms with Crippen LogP contribution in [0.2, 0.25) is 0 Å². The van der Waals surface area contributed by atoms with Crippen molar-refractivity contribution < 1.29 is 9.84 Å². The van der Waals surface area contributed by atoms with Crippen LogP contribution < -0.4 is 0 Å². The quantitative estimate of drug-likeness (QED) is 0.768. The second-order valence-electron chi connectivity index (χ2n) is 7.43. The van der Waals surface area contributed by atoms with Crippen molar-refractivity contribution in [1.82, 2.24) is 0 Å². The van der Waals surface area contributed by atoms with Crippen LogP contribution in [0.3, 0.4) is 0 Å². The second kappa shape index (κ2) is 4.24. The minimum Gasteiger partial charge on any atom is -0.508 e. The maximum Gasteiger partial charge on any atom is 0.115 e. The van der Waals surface area contributed by atoms with Gasteiger partial charge in [0, 0.05) is 6.61 Å². The zero-order valence-corrected chi connectivity index (χ0v) is 12.3. The van der Waals surface area contributed by atoms with Crippen LogP contribution >= 0.6 is 0 Å². The number of hydrogen-bond donors (Lipinski definition) is 1. The molecule has 2 aliphatic carbocycles. The second-order valence-corrected chi connectivity index (χ2v) is 7.43. The van der Waals surface area contributed by atoms with Crippen molar-refractivity contribution in [3.63, 3.8) is 0 Å². The molecule has 0 aromatic heterocycles. The van der Waals surface area contributed by atoms with E-state index in [1.54, 1.807) is 0 Å². The third kappa shape index (κ3) is 1.81. The highest BCUT2D eigenvalue weighted by molar-refractivity contribution is 5.41. The van der Waals surface area contributed by atoms with Crippen LogP contribution in [0.15, 0.2) is 18.2 Å². The van der Waals surface area contributed by atoms with E-state index in [0.717, 1.165) is 13.0 Å². The molecule has 0 radical (unpaired) electrons. The molecule has 20 heavy (non-hydrogen) atoms. The summed E-state index contributed by atoms with van der Waals surface area (Å²) in [7, 11) is 0. The molecule has 4 rings (SSSR count). The van der Waals surface area contributed by atoms with Crippen molar-refractivity contribution in [3.05, 3.63) is 29.3 Å². The molecular formula is C18H24O2. The minimum atomic E-state index is 0.163. The molecule has 2 heteroatoms. The lowest BCUT2D eigenvalue weighted by molar-refractivity contribution is -0.0652. The van der Waals surface area contributed by atoms with E-state index in [2.05, 4.69) is 13.0 Å². The van der Waals surface area contributed by atoms with Gasteiger partial charge in [-0.25, -0.2) is 0 Å². The molecule has 2 nitrogen and oxygen atoms in total. The molecule has 1 N–H and O–H groups in total. The number of rotatable bonds is 0. The predicted molar refractivity (Wildman–Crippen MR) is 79.0 cm³/mol. The van der Waals surface area contributed by atoms with E-state index in [-0.39, 0.29) is 5.60 Å². The van der Waals surface area contributed by atoms with Gasteiger partial charge in [0.05, 0.1) is 5.60 Å². The molecule has 1 saturated heterocycles. The molecule has 1 spiro atoms. The van der Waals surface area contributed by atoms with E-state index in [9.17, 15) is 5.11 Å². The summed E-state index contributed by atoms with van der Waals surface area (Å²) < 4.78 is 6.16. The smallest absolute Gasteiger partial charge is 0.115 e. The van der Waals surface area contributed by atoms with Gasteiger partial charge in [0.2, 0.25) is 0 Å². The Morgan fingerprint density at radius 1 is 1.20 bits per heavy atom. The zero-order valence-electron chi connectivity index (χ0n) is 12.3. The normalized spacial score (nSPS) is 39.5. The van der Waals surface area contributed by atoms with Crippen molar-refractivity contribution in [1.29, 1.82) is 0 Å². The van der Waals surface area contributed by atoms with Gasteiger partial charge < -0.3 is 9.84 Å². The summed E-state index contributed by atoms with van der Waals surface area (Å²) in [5.41, 5.74) is 3.44. The van der Waals surface area contributed by atoms with Crippen LogP contribution in [0.25, 0.3) is 0 Å². The summed E-state index contributed by atoms with van der Waals surface area (Å²) in [5.74, 6) is 1.02. The highest BCUT2D eigenvalue weighted by Crippen LogP contribution is 2.58. The Bertz CT molecular complexity index is 530. The van der Waals surface area contributed by atoms with Crippen molar-refractivity contribution in [2.24, 2.45) is 5.41 Å². The summed E-state index contributed by atoms with van der Waals surface area (Å²) in [5, 5.41) is 9.73. The number of aromatic hydroxyl groups is 1. The Balaban J connectivity index is 1.73. The minimum absolute atomic E-state index is 0.163. The molecule has 1 heterocycles. The molecule has 3 aliphatic rings. The van der Waals surface area contributed by atoms with Crippen LogP contribution in [0.4, 0.5) is 0 Å². The molecular weight excluding hydrogens is 248 g/mol. The van der Waals surface area contributed by atoms with Crippen LogP contribution in [0.5, 0.6) is 5.75 Å². The third-order valence-corrected chi connectivity index (χ3v) is 6.22. The van der Waals surface area contributed by atoms with Gasteiger partial charge in [0.25, 0.3) is 0 Å². The van der Waals surface area contributed by atoms with Gasteiger partial charge in [-0.05, 0) is 79.5 Å². The number of phenolic OH excluding ortho intramolecular Hbond substituents is 1. The van der Waals surface area contributed by atoms with Crippen LogP contribution in [-0.2, 0) is 11.2 Å². The zero-order chi connectivity index (χ0) is 13.8. The molecule has 3 atom stereocenters.